The van der Waals surface area contributed by atoms with E-state index in [0.29, 0.717) is 6.42 Å². The van der Waals surface area contributed by atoms with Gasteiger partial charge in [0.15, 0.2) is 5.78 Å². The van der Waals surface area contributed by atoms with Crippen molar-refractivity contribution in [1.29, 1.82) is 0 Å². The summed E-state index contributed by atoms with van der Waals surface area (Å²) in [6.45, 7) is 0. The summed E-state index contributed by atoms with van der Waals surface area (Å²) in [6, 6.07) is -0.119. The summed E-state index contributed by atoms with van der Waals surface area (Å²) >= 11 is 0. The van der Waals surface area contributed by atoms with Crippen LogP contribution in [0.4, 0.5) is 0 Å². The molecule has 0 amide bonds. The van der Waals surface area contributed by atoms with Crippen LogP contribution in [0.25, 0.3) is 10.4 Å². The molecule has 58 valence electrons. The average Bonchev–Trinajstić information content (AvgIpc) is 2.17. The molecule has 0 heterocycles. The smallest absolute Gasteiger partial charge is 0.155 e. The van der Waals surface area contributed by atoms with Gasteiger partial charge in [0.25, 0.3) is 0 Å². The number of hydrogen-bond donors (Lipinski definition) is 0. The van der Waals surface area contributed by atoms with Crippen LogP contribution in [-0.2, 0) is 4.79 Å². The highest BCUT2D eigenvalue weighted by Crippen LogP contribution is 2.11. The van der Waals surface area contributed by atoms with Crippen LogP contribution in [0.3, 0.4) is 0 Å². The third kappa shape index (κ3) is 2.43. The molecule has 4 nitrogen and oxygen atoms in total. The average molecular weight is 151 g/mol. The van der Waals surface area contributed by atoms with Crippen LogP contribution in [0.15, 0.2) is 17.3 Å². The zero-order valence-corrected chi connectivity index (χ0v) is 6.10. The van der Waals surface area contributed by atoms with E-state index in [0.717, 1.165) is 12.8 Å². The van der Waals surface area contributed by atoms with Crippen LogP contribution in [-0.4, -0.2) is 11.8 Å². The molecule has 4 heteroatoms. The van der Waals surface area contributed by atoms with Gasteiger partial charge in [0.05, 0.1) is 6.04 Å². The molecule has 1 rings (SSSR count). The molecule has 0 aromatic rings. The van der Waals surface area contributed by atoms with Crippen molar-refractivity contribution in [3.05, 3.63) is 22.6 Å². The third-order valence-corrected chi connectivity index (χ3v) is 1.63. The van der Waals surface area contributed by atoms with Crippen molar-refractivity contribution < 1.29 is 4.79 Å². The predicted molar refractivity (Wildman–Crippen MR) is 40.9 cm³/mol. The van der Waals surface area contributed by atoms with Gasteiger partial charge in [-0.25, -0.2) is 0 Å². The van der Waals surface area contributed by atoms with Crippen LogP contribution in [0, 0.1) is 0 Å². The zero-order chi connectivity index (χ0) is 8.10. The highest BCUT2D eigenvalue weighted by Gasteiger charge is 2.08. The summed E-state index contributed by atoms with van der Waals surface area (Å²) in [7, 11) is 0. The lowest BCUT2D eigenvalue weighted by Gasteiger charge is -1.98. The summed E-state index contributed by atoms with van der Waals surface area (Å²) in [4.78, 5) is 13.5. The summed E-state index contributed by atoms with van der Waals surface area (Å²) in [5.74, 6) is 0.126. The summed E-state index contributed by atoms with van der Waals surface area (Å²) in [5.41, 5.74) is 8.12. The van der Waals surface area contributed by atoms with Crippen LogP contribution in [0.2, 0.25) is 0 Å². The monoisotopic (exact) mass is 151 g/mol. The molecule has 1 aliphatic carbocycles. The Hall–Kier alpha value is -1.28. The van der Waals surface area contributed by atoms with E-state index in [4.69, 9.17) is 5.53 Å². The van der Waals surface area contributed by atoms with Crippen LogP contribution in [0.5, 0.6) is 0 Å². The quantitative estimate of drug-likeness (QED) is 0.321. The molecule has 0 N–H and O–H groups in total. The van der Waals surface area contributed by atoms with Crippen molar-refractivity contribution in [2.24, 2.45) is 5.11 Å². The van der Waals surface area contributed by atoms with Crippen molar-refractivity contribution in [2.45, 2.75) is 25.3 Å². The maximum absolute atomic E-state index is 10.8. The van der Waals surface area contributed by atoms with Gasteiger partial charge in [-0.1, -0.05) is 11.2 Å². The Kier molecular flexibility index (Phi) is 2.69. The van der Waals surface area contributed by atoms with Crippen molar-refractivity contribution in [2.75, 3.05) is 0 Å². The third-order valence-electron chi connectivity index (χ3n) is 1.63. The first-order valence-electron chi connectivity index (χ1n) is 3.58. The van der Waals surface area contributed by atoms with E-state index in [1.54, 1.807) is 6.08 Å². The van der Waals surface area contributed by atoms with E-state index in [2.05, 4.69) is 10.0 Å². The van der Waals surface area contributed by atoms with Crippen molar-refractivity contribution in [3.8, 4) is 0 Å². The Morgan fingerprint density at radius 3 is 3.27 bits per heavy atom. The van der Waals surface area contributed by atoms with Gasteiger partial charge in [-0.2, -0.15) is 0 Å². The number of azide groups is 1. The highest BCUT2D eigenvalue weighted by atomic mass is 16.1. The molecule has 0 aliphatic heterocycles. The molecule has 0 spiro atoms. The van der Waals surface area contributed by atoms with Crippen LogP contribution >= 0.6 is 0 Å². The molecule has 1 unspecified atom stereocenters. The number of nitrogens with zero attached hydrogens (tertiary/aromatic N) is 3. The molecule has 0 aromatic carbocycles. The number of carbonyl (C=O) groups excluding carboxylic acids is 1. The molecule has 0 aromatic heterocycles. The minimum atomic E-state index is -0.119. The normalized spacial score (nSPS) is 24.0. The van der Waals surface area contributed by atoms with Gasteiger partial charge in [-0.3, -0.25) is 4.79 Å². The molecule has 0 fully saturated rings. The molecule has 11 heavy (non-hydrogen) atoms. The second-order valence-electron chi connectivity index (χ2n) is 2.49. The second kappa shape index (κ2) is 3.78. The van der Waals surface area contributed by atoms with Gasteiger partial charge in [-0.05, 0) is 24.4 Å². The first-order valence-corrected chi connectivity index (χ1v) is 3.58. The van der Waals surface area contributed by atoms with E-state index in [9.17, 15) is 4.79 Å². The Labute approximate surface area is 64.5 Å². The van der Waals surface area contributed by atoms with Crippen molar-refractivity contribution in [1.82, 2.24) is 0 Å². The molecule has 0 radical (unpaired) electrons. The highest BCUT2D eigenvalue weighted by molar-refractivity contribution is 5.89. The number of allylic oxidation sites excluding steroid dienone is 1. The van der Waals surface area contributed by atoms with E-state index < -0.39 is 0 Å². The van der Waals surface area contributed by atoms with E-state index in [-0.39, 0.29) is 11.8 Å². The Balaban J connectivity index is 2.62. The van der Waals surface area contributed by atoms with E-state index in [1.807, 2.05) is 0 Å². The molecular weight excluding hydrogens is 142 g/mol. The fourth-order valence-corrected chi connectivity index (χ4v) is 1.05. The molecule has 1 aliphatic rings. The summed E-state index contributed by atoms with van der Waals surface area (Å²) < 4.78 is 0. The Morgan fingerprint density at radius 1 is 1.73 bits per heavy atom. The lowest BCUT2D eigenvalue weighted by Crippen LogP contribution is -1.95. The van der Waals surface area contributed by atoms with E-state index >= 15 is 0 Å². The van der Waals surface area contributed by atoms with E-state index in [1.165, 1.54) is 6.08 Å². The Bertz CT molecular complexity index is 228. The first-order chi connectivity index (χ1) is 5.33. The minimum absolute atomic E-state index is 0.119. The number of hydrogen-bond acceptors (Lipinski definition) is 2. The second-order valence-corrected chi connectivity index (χ2v) is 2.49. The molecule has 0 saturated heterocycles. The van der Waals surface area contributed by atoms with Gasteiger partial charge in [0.1, 0.15) is 0 Å². The first kappa shape index (κ1) is 7.82. The summed E-state index contributed by atoms with van der Waals surface area (Å²) in [5, 5.41) is 3.52. The number of ketones is 1. The van der Waals surface area contributed by atoms with Gasteiger partial charge in [0.2, 0.25) is 0 Å². The minimum Gasteiger partial charge on any atom is -0.295 e. The van der Waals surface area contributed by atoms with Crippen LogP contribution in [0.1, 0.15) is 19.3 Å². The van der Waals surface area contributed by atoms with Gasteiger partial charge in [0, 0.05) is 11.3 Å². The van der Waals surface area contributed by atoms with Crippen LogP contribution < -0.4 is 0 Å². The number of carbonyl (C=O) groups is 1. The molecule has 0 saturated carbocycles. The topological polar surface area (TPSA) is 65.8 Å². The largest absolute Gasteiger partial charge is 0.295 e. The Morgan fingerprint density at radius 2 is 2.55 bits per heavy atom. The summed E-state index contributed by atoms with van der Waals surface area (Å²) in [6.07, 6.45) is 5.36. The standard InChI is InChI=1S/C7H9N3O/c8-10-9-6-2-1-3-7(11)5-4-6/h4-6H,1-3H2. The maximum atomic E-state index is 10.8. The predicted octanol–water partition coefficient (Wildman–Crippen LogP) is 1.97. The van der Waals surface area contributed by atoms with Gasteiger partial charge < -0.3 is 0 Å². The molecular formula is C7H9N3O. The lowest BCUT2D eigenvalue weighted by atomic mass is 10.1. The van der Waals surface area contributed by atoms with Crippen molar-refractivity contribution >= 4 is 5.78 Å². The fraction of sp³-hybridized carbons (Fsp3) is 0.571. The number of rotatable bonds is 1. The fourth-order valence-electron chi connectivity index (χ4n) is 1.05. The lowest BCUT2D eigenvalue weighted by molar-refractivity contribution is -0.114. The van der Waals surface area contributed by atoms with Gasteiger partial charge in [-0.15, -0.1) is 0 Å². The zero-order valence-electron chi connectivity index (χ0n) is 6.10. The van der Waals surface area contributed by atoms with Crippen molar-refractivity contribution in [3.63, 3.8) is 0 Å². The van der Waals surface area contributed by atoms with Gasteiger partial charge >= 0.3 is 0 Å². The molecule has 0 bridgehead atoms. The maximum Gasteiger partial charge on any atom is 0.155 e. The molecule has 1 atom stereocenters. The SMILES string of the molecule is [N-]=[N+]=NC1C=CC(=O)CCC1.